The summed E-state index contributed by atoms with van der Waals surface area (Å²) in [5.41, 5.74) is 1.81. The molecule has 1 amide bonds. The molecule has 176 valence electrons. The summed E-state index contributed by atoms with van der Waals surface area (Å²) in [5, 5.41) is 4.92. The molecular weight excluding hydrogens is 515 g/mol. The van der Waals surface area contributed by atoms with Crippen molar-refractivity contribution in [2.75, 3.05) is 24.4 Å². The number of carbonyl (C=O) groups is 2. The van der Waals surface area contributed by atoms with Gasteiger partial charge >= 0.3 is 0 Å². The molecule has 2 heterocycles. The number of carbonyl (C=O) groups excluding carboxylic acids is 2. The van der Waals surface area contributed by atoms with Crippen LogP contribution in [0.3, 0.4) is 0 Å². The largest absolute Gasteiger partial charge is 0.497 e. The minimum Gasteiger partial charge on any atom is -0.497 e. The van der Waals surface area contributed by atoms with E-state index in [1.165, 1.54) is 40.5 Å². The van der Waals surface area contributed by atoms with Gasteiger partial charge in [-0.15, -0.1) is 11.3 Å². The van der Waals surface area contributed by atoms with Crippen molar-refractivity contribution in [2.24, 2.45) is 0 Å². The number of ether oxygens (including phenoxy) is 1. The summed E-state index contributed by atoms with van der Waals surface area (Å²) in [6, 6.07) is 11.6. The Morgan fingerprint density at radius 2 is 1.88 bits per heavy atom. The number of nitrogens with zero attached hydrogens (tertiary/aromatic N) is 2. The van der Waals surface area contributed by atoms with Gasteiger partial charge in [-0.1, -0.05) is 23.1 Å². The molecule has 4 rings (SSSR count). The first-order valence-corrected chi connectivity index (χ1v) is 14.4. The predicted molar refractivity (Wildman–Crippen MR) is 135 cm³/mol. The summed E-state index contributed by atoms with van der Waals surface area (Å²) < 4.78 is 29.9. The fourth-order valence-corrected chi connectivity index (χ4v) is 6.32. The molecule has 0 bridgehead atoms. The van der Waals surface area contributed by atoms with Gasteiger partial charge in [-0.05, 0) is 42.5 Å². The Hall–Kier alpha value is -2.80. The summed E-state index contributed by atoms with van der Waals surface area (Å²) in [7, 11) is -1.75. The van der Waals surface area contributed by atoms with Gasteiger partial charge in [0.15, 0.2) is 25.1 Å². The van der Waals surface area contributed by atoms with E-state index < -0.39 is 9.84 Å². The number of hydrogen-bond acceptors (Lipinski definition) is 10. The zero-order valence-corrected chi connectivity index (χ0v) is 21.4. The number of benzene rings is 2. The second-order valence-corrected chi connectivity index (χ2v) is 12.3. The van der Waals surface area contributed by atoms with Gasteiger partial charge in [0.1, 0.15) is 5.75 Å². The first-order valence-electron chi connectivity index (χ1n) is 9.86. The van der Waals surface area contributed by atoms with Crippen LogP contribution in [0.1, 0.15) is 16.1 Å². The first-order chi connectivity index (χ1) is 16.2. The highest BCUT2D eigenvalue weighted by atomic mass is 32.2. The molecule has 8 nitrogen and oxygen atoms in total. The number of ketones is 1. The maximum atomic E-state index is 12.5. The Kier molecular flexibility index (Phi) is 7.31. The lowest BCUT2D eigenvalue weighted by Crippen LogP contribution is -2.14. The van der Waals surface area contributed by atoms with Crippen LogP contribution in [0.4, 0.5) is 5.13 Å². The summed E-state index contributed by atoms with van der Waals surface area (Å²) in [5.74, 6) is 0.638. The topological polar surface area (TPSA) is 115 Å². The lowest BCUT2D eigenvalue weighted by Gasteiger charge is -2.02. The molecule has 0 aliphatic rings. The van der Waals surface area contributed by atoms with Gasteiger partial charge < -0.3 is 10.1 Å². The van der Waals surface area contributed by atoms with Crippen LogP contribution in [0.15, 0.2) is 57.1 Å². The van der Waals surface area contributed by atoms with Crippen LogP contribution >= 0.6 is 34.4 Å². The third kappa shape index (κ3) is 6.00. The van der Waals surface area contributed by atoms with Crippen molar-refractivity contribution in [1.82, 2.24) is 9.97 Å². The SMILES string of the molecule is COc1ccc(C(=O)CSc2nc(CC(=O)Nc3nc4ccc(S(C)(=O)=O)cc4s3)cs2)cc1. The molecule has 4 aromatic rings. The lowest BCUT2D eigenvalue weighted by atomic mass is 10.1. The van der Waals surface area contributed by atoms with E-state index in [-0.39, 0.29) is 28.8 Å². The smallest absolute Gasteiger partial charge is 0.232 e. The van der Waals surface area contributed by atoms with Gasteiger partial charge in [-0.25, -0.2) is 18.4 Å². The van der Waals surface area contributed by atoms with E-state index in [1.54, 1.807) is 48.9 Å². The van der Waals surface area contributed by atoms with Crippen molar-refractivity contribution >= 4 is 71.3 Å². The van der Waals surface area contributed by atoms with Gasteiger partial charge in [0.2, 0.25) is 5.91 Å². The Balaban J connectivity index is 1.32. The monoisotopic (exact) mass is 533 g/mol. The molecule has 1 N–H and O–H groups in total. The first kappa shape index (κ1) is 24.3. The number of fused-ring (bicyclic) bond motifs is 1. The summed E-state index contributed by atoms with van der Waals surface area (Å²) in [4.78, 5) is 33.8. The number of sulfone groups is 1. The van der Waals surface area contributed by atoms with Crippen molar-refractivity contribution < 1.29 is 22.7 Å². The number of methoxy groups -OCH3 is 1. The van der Waals surface area contributed by atoms with Crippen LogP contribution in [0, 0.1) is 0 Å². The molecule has 2 aromatic carbocycles. The second kappa shape index (κ2) is 10.2. The highest BCUT2D eigenvalue weighted by Gasteiger charge is 2.14. The maximum Gasteiger partial charge on any atom is 0.232 e. The molecule has 12 heteroatoms. The molecular formula is C22H19N3O5S4. The van der Waals surface area contributed by atoms with E-state index in [2.05, 4.69) is 15.3 Å². The molecule has 2 aromatic heterocycles. The average molecular weight is 534 g/mol. The van der Waals surface area contributed by atoms with Gasteiger partial charge in [0, 0.05) is 17.2 Å². The minimum absolute atomic E-state index is 0.0167. The van der Waals surface area contributed by atoms with E-state index in [0.717, 1.165) is 6.26 Å². The van der Waals surface area contributed by atoms with E-state index in [9.17, 15) is 18.0 Å². The normalized spacial score (nSPS) is 11.5. The Bertz CT molecular complexity index is 1460. The van der Waals surface area contributed by atoms with Crippen LogP contribution in [-0.4, -0.2) is 49.2 Å². The molecule has 0 radical (unpaired) electrons. The molecule has 0 saturated carbocycles. The average Bonchev–Trinajstić information content (AvgIpc) is 3.42. The lowest BCUT2D eigenvalue weighted by molar-refractivity contribution is -0.115. The molecule has 0 atom stereocenters. The highest BCUT2D eigenvalue weighted by molar-refractivity contribution is 8.01. The Morgan fingerprint density at radius 3 is 2.59 bits per heavy atom. The van der Waals surface area contributed by atoms with Crippen molar-refractivity contribution in [1.29, 1.82) is 0 Å². The predicted octanol–water partition coefficient (Wildman–Crippen LogP) is 4.32. The van der Waals surface area contributed by atoms with Gasteiger partial charge in [0.05, 0.1) is 40.1 Å². The number of anilines is 1. The second-order valence-electron chi connectivity index (χ2n) is 7.19. The number of thiazole rings is 2. The van der Waals surface area contributed by atoms with Crippen LogP contribution in [-0.2, 0) is 21.1 Å². The molecule has 0 unspecified atom stereocenters. The fourth-order valence-electron chi connectivity index (χ4n) is 2.94. The summed E-state index contributed by atoms with van der Waals surface area (Å²) in [6.45, 7) is 0. The number of Topliss-reactive ketones (excluding diaryl/α,β-unsaturated/α-hetero) is 1. The van der Waals surface area contributed by atoms with Gasteiger partial charge in [-0.2, -0.15) is 0 Å². The van der Waals surface area contributed by atoms with E-state index in [1.807, 2.05) is 0 Å². The van der Waals surface area contributed by atoms with Crippen LogP contribution in [0.25, 0.3) is 10.2 Å². The standard InChI is InChI=1S/C22H19N3O5S4/c1-30-15-5-3-13(4-6-15)18(26)12-32-22-23-14(11-31-22)9-20(27)25-21-24-17-8-7-16(34(2,28)29)10-19(17)33-21/h3-8,10-11H,9,12H2,1-2H3,(H,24,25,27). The molecule has 0 saturated heterocycles. The third-order valence-electron chi connectivity index (χ3n) is 4.65. The fraction of sp³-hybridized carbons (Fsp3) is 0.182. The minimum atomic E-state index is -3.32. The number of aromatic nitrogens is 2. The van der Waals surface area contributed by atoms with E-state index in [4.69, 9.17) is 4.74 Å². The van der Waals surface area contributed by atoms with E-state index >= 15 is 0 Å². The zero-order chi connectivity index (χ0) is 24.3. The molecule has 0 spiro atoms. The Labute approximate surface area is 208 Å². The highest BCUT2D eigenvalue weighted by Crippen LogP contribution is 2.29. The maximum absolute atomic E-state index is 12.5. The van der Waals surface area contributed by atoms with Gasteiger partial charge in [-0.3, -0.25) is 9.59 Å². The summed E-state index contributed by atoms with van der Waals surface area (Å²) >= 11 is 3.91. The Morgan fingerprint density at radius 1 is 1.12 bits per heavy atom. The van der Waals surface area contributed by atoms with Crippen molar-refractivity contribution in [3.63, 3.8) is 0 Å². The number of thioether (sulfide) groups is 1. The van der Waals surface area contributed by atoms with Crippen molar-refractivity contribution in [3.05, 3.63) is 59.1 Å². The quantitative estimate of drug-likeness (QED) is 0.250. The van der Waals surface area contributed by atoms with Crippen LogP contribution in [0.5, 0.6) is 5.75 Å². The van der Waals surface area contributed by atoms with E-state index in [0.29, 0.717) is 36.7 Å². The number of nitrogens with one attached hydrogen (secondary N) is 1. The number of rotatable bonds is 9. The number of amides is 1. The summed E-state index contributed by atoms with van der Waals surface area (Å²) in [6.07, 6.45) is 1.21. The third-order valence-corrected chi connectivity index (χ3v) is 8.76. The molecule has 0 aliphatic carbocycles. The van der Waals surface area contributed by atoms with Crippen molar-refractivity contribution in [3.8, 4) is 5.75 Å². The number of hydrogen-bond donors (Lipinski definition) is 1. The van der Waals surface area contributed by atoms with Crippen molar-refractivity contribution in [2.45, 2.75) is 15.7 Å². The van der Waals surface area contributed by atoms with Gasteiger partial charge in [0.25, 0.3) is 0 Å². The molecule has 0 fully saturated rings. The molecule has 34 heavy (non-hydrogen) atoms. The van der Waals surface area contributed by atoms with Crippen LogP contribution in [0.2, 0.25) is 0 Å². The zero-order valence-electron chi connectivity index (χ0n) is 18.1. The molecule has 0 aliphatic heterocycles. The van der Waals surface area contributed by atoms with Crippen LogP contribution < -0.4 is 10.1 Å².